The molecular formula is C24H20O7. The van der Waals surface area contributed by atoms with Crippen molar-refractivity contribution in [3.63, 3.8) is 0 Å². The second kappa shape index (κ2) is 7.05. The van der Waals surface area contributed by atoms with Gasteiger partial charge in [-0.15, -0.1) is 0 Å². The van der Waals surface area contributed by atoms with Crippen LogP contribution in [0.15, 0.2) is 30.3 Å². The van der Waals surface area contributed by atoms with E-state index in [0.29, 0.717) is 22.3 Å². The van der Waals surface area contributed by atoms with Crippen LogP contribution in [0.2, 0.25) is 0 Å². The van der Waals surface area contributed by atoms with Gasteiger partial charge >= 0.3 is 0 Å². The van der Waals surface area contributed by atoms with Crippen LogP contribution in [0.5, 0.6) is 28.7 Å². The molecule has 7 heteroatoms. The summed E-state index contributed by atoms with van der Waals surface area (Å²) in [5, 5.41) is 41.7. The van der Waals surface area contributed by atoms with Gasteiger partial charge in [0.05, 0.1) is 23.8 Å². The Morgan fingerprint density at radius 3 is 2.23 bits per heavy atom. The number of fused-ring (bicyclic) bond motifs is 2. The SMILES string of the molecule is COc1c(C(C)=O)c(O)cc(O)c1-c1c(C)cc(O)c2c1Cc1cccc(O)c1C2=O. The average molecular weight is 420 g/mol. The lowest BCUT2D eigenvalue weighted by atomic mass is 9.78. The molecule has 0 atom stereocenters. The normalized spacial score (nSPS) is 12.3. The number of hydrogen-bond acceptors (Lipinski definition) is 7. The van der Waals surface area contributed by atoms with Gasteiger partial charge in [0.25, 0.3) is 0 Å². The van der Waals surface area contributed by atoms with E-state index >= 15 is 0 Å². The summed E-state index contributed by atoms with van der Waals surface area (Å²) in [6, 6.07) is 7.16. The van der Waals surface area contributed by atoms with Gasteiger partial charge in [-0.1, -0.05) is 12.1 Å². The summed E-state index contributed by atoms with van der Waals surface area (Å²) in [7, 11) is 1.31. The molecule has 1 aliphatic rings. The van der Waals surface area contributed by atoms with E-state index in [4.69, 9.17) is 4.74 Å². The fourth-order valence-electron chi connectivity index (χ4n) is 4.37. The minimum absolute atomic E-state index is 0.00787. The van der Waals surface area contributed by atoms with E-state index in [0.717, 1.165) is 6.07 Å². The number of ether oxygens (including phenoxy) is 1. The van der Waals surface area contributed by atoms with Crippen molar-refractivity contribution in [1.29, 1.82) is 0 Å². The summed E-state index contributed by atoms with van der Waals surface area (Å²) in [5.41, 5.74) is 2.09. The average Bonchev–Trinajstić information content (AvgIpc) is 2.68. The third-order valence-corrected chi connectivity index (χ3v) is 5.60. The Hall–Kier alpha value is -4.00. The van der Waals surface area contributed by atoms with Crippen LogP contribution in [-0.2, 0) is 6.42 Å². The molecule has 0 unspecified atom stereocenters. The first kappa shape index (κ1) is 20.3. The monoisotopic (exact) mass is 420 g/mol. The van der Waals surface area contributed by atoms with Gasteiger partial charge in [0.15, 0.2) is 5.78 Å². The Kier molecular flexibility index (Phi) is 4.61. The zero-order valence-corrected chi connectivity index (χ0v) is 17.1. The number of aromatic hydroxyl groups is 4. The molecule has 3 aromatic rings. The molecule has 0 aromatic heterocycles. The van der Waals surface area contributed by atoms with Crippen LogP contribution in [0, 0.1) is 6.92 Å². The van der Waals surface area contributed by atoms with Crippen molar-refractivity contribution in [2.75, 3.05) is 7.11 Å². The van der Waals surface area contributed by atoms with Crippen LogP contribution in [0.25, 0.3) is 11.1 Å². The molecule has 4 rings (SSSR count). The van der Waals surface area contributed by atoms with E-state index in [2.05, 4.69) is 0 Å². The number of hydrogen-bond donors (Lipinski definition) is 4. The Labute approximate surface area is 177 Å². The van der Waals surface area contributed by atoms with Gasteiger partial charge in [0.2, 0.25) is 5.78 Å². The Bertz CT molecular complexity index is 1290. The highest BCUT2D eigenvalue weighted by molar-refractivity contribution is 6.17. The van der Waals surface area contributed by atoms with E-state index in [9.17, 15) is 30.0 Å². The van der Waals surface area contributed by atoms with Crippen molar-refractivity contribution < 1.29 is 34.8 Å². The van der Waals surface area contributed by atoms with Crippen LogP contribution in [0.3, 0.4) is 0 Å². The maximum absolute atomic E-state index is 13.2. The highest BCUT2D eigenvalue weighted by Gasteiger charge is 2.34. The molecule has 0 radical (unpaired) electrons. The topological polar surface area (TPSA) is 124 Å². The minimum Gasteiger partial charge on any atom is -0.507 e. The molecule has 158 valence electrons. The molecule has 0 saturated carbocycles. The van der Waals surface area contributed by atoms with E-state index in [1.165, 1.54) is 26.2 Å². The molecular weight excluding hydrogens is 400 g/mol. The minimum atomic E-state index is -0.544. The number of aryl methyl sites for hydroxylation is 1. The lowest BCUT2D eigenvalue weighted by molar-refractivity contribution is 0.100. The fraction of sp³-hybridized carbons (Fsp3) is 0.167. The third kappa shape index (κ3) is 2.89. The molecule has 0 spiro atoms. The van der Waals surface area contributed by atoms with E-state index in [1.807, 2.05) is 0 Å². The summed E-state index contributed by atoms with van der Waals surface area (Å²) >= 11 is 0. The largest absolute Gasteiger partial charge is 0.507 e. The summed E-state index contributed by atoms with van der Waals surface area (Å²) in [6.45, 7) is 2.96. The predicted octanol–water partition coefficient (Wildman–Crippen LogP) is 3.83. The van der Waals surface area contributed by atoms with Gasteiger partial charge in [0.1, 0.15) is 34.3 Å². The first-order valence-electron chi connectivity index (χ1n) is 9.52. The molecule has 0 fully saturated rings. The molecule has 0 bridgehead atoms. The molecule has 4 N–H and O–H groups in total. The van der Waals surface area contributed by atoms with Crippen LogP contribution in [-0.4, -0.2) is 39.1 Å². The molecule has 1 aliphatic carbocycles. The molecule has 31 heavy (non-hydrogen) atoms. The molecule has 0 heterocycles. The molecule has 3 aromatic carbocycles. The standard InChI is InChI=1S/C24H20O7/c1-10-7-15(27)21-13(8-12-5-4-6-14(26)20(12)23(21)30)18(10)22-17(29)9-16(28)19(11(2)25)24(22)31-3/h4-7,9,26-29H,8H2,1-3H3. The van der Waals surface area contributed by atoms with Crippen LogP contribution in [0.1, 0.15) is 49.9 Å². The number of methoxy groups -OCH3 is 1. The van der Waals surface area contributed by atoms with Crippen molar-refractivity contribution in [2.24, 2.45) is 0 Å². The Morgan fingerprint density at radius 2 is 1.58 bits per heavy atom. The van der Waals surface area contributed by atoms with Gasteiger partial charge in [-0.05, 0) is 54.7 Å². The second-order valence-electron chi connectivity index (χ2n) is 7.51. The quantitative estimate of drug-likeness (QED) is 0.371. The summed E-state index contributed by atoms with van der Waals surface area (Å²) in [4.78, 5) is 25.4. The van der Waals surface area contributed by atoms with Gasteiger partial charge < -0.3 is 25.2 Å². The second-order valence-corrected chi connectivity index (χ2v) is 7.51. The Balaban J connectivity index is 2.12. The highest BCUT2D eigenvalue weighted by Crippen LogP contribution is 2.50. The van der Waals surface area contributed by atoms with E-state index in [-0.39, 0.29) is 51.7 Å². The lowest BCUT2D eigenvalue weighted by Gasteiger charge is -2.26. The van der Waals surface area contributed by atoms with Gasteiger partial charge in [0, 0.05) is 6.07 Å². The zero-order chi connectivity index (χ0) is 22.6. The summed E-state index contributed by atoms with van der Waals surface area (Å²) in [5.74, 6) is -2.25. The molecule has 7 nitrogen and oxygen atoms in total. The van der Waals surface area contributed by atoms with Crippen LogP contribution < -0.4 is 4.74 Å². The number of carbonyl (C=O) groups is 2. The van der Waals surface area contributed by atoms with Gasteiger partial charge in [-0.25, -0.2) is 0 Å². The van der Waals surface area contributed by atoms with E-state index in [1.54, 1.807) is 19.1 Å². The van der Waals surface area contributed by atoms with Crippen molar-refractivity contribution in [1.82, 2.24) is 0 Å². The molecule has 0 aliphatic heterocycles. The Morgan fingerprint density at radius 1 is 0.903 bits per heavy atom. The van der Waals surface area contributed by atoms with Crippen LogP contribution in [0.4, 0.5) is 0 Å². The van der Waals surface area contributed by atoms with Gasteiger partial charge in [-0.3, -0.25) is 9.59 Å². The fourth-order valence-corrected chi connectivity index (χ4v) is 4.37. The van der Waals surface area contributed by atoms with E-state index < -0.39 is 17.3 Å². The van der Waals surface area contributed by atoms with Crippen molar-refractivity contribution in [3.8, 4) is 39.9 Å². The number of rotatable bonds is 3. The van der Waals surface area contributed by atoms with Crippen molar-refractivity contribution in [3.05, 3.63) is 63.7 Å². The lowest BCUT2D eigenvalue weighted by Crippen LogP contribution is -2.17. The summed E-state index contributed by atoms with van der Waals surface area (Å²) in [6.07, 6.45) is 0.189. The van der Waals surface area contributed by atoms with Crippen molar-refractivity contribution in [2.45, 2.75) is 20.3 Å². The van der Waals surface area contributed by atoms with Crippen LogP contribution >= 0.6 is 0 Å². The van der Waals surface area contributed by atoms with Gasteiger partial charge in [-0.2, -0.15) is 0 Å². The number of phenols is 4. The number of phenolic OH excluding ortho intramolecular Hbond substituents is 4. The maximum atomic E-state index is 13.2. The smallest absolute Gasteiger partial charge is 0.201 e. The van der Waals surface area contributed by atoms with Crippen molar-refractivity contribution >= 4 is 11.6 Å². The first-order chi connectivity index (χ1) is 14.7. The summed E-state index contributed by atoms with van der Waals surface area (Å²) < 4.78 is 5.42. The zero-order valence-electron chi connectivity index (χ0n) is 17.1. The maximum Gasteiger partial charge on any atom is 0.201 e. The number of carbonyl (C=O) groups excluding carboxylic acids is 2. The predicted molar refractivity (Wildman–Crippen MR) is 113 cm³/mol. The number of ketones is 2. The molecule has 0 amide bonds. The third-order valence-electron chi connectivity index (χ3n) is 5.60. The molecule has 0 saturated heterocycles. The number of benzene rings is 3. The highest BCUT2D eigenvalue weighted by atomic mass is 16.5. The number of Topliss-reactive ketones (excluding diaryl/α,β-unsaturated/α-hetero) is 1. The first-order valence-corrected chi connectivity index (χ1v) is 9.52.